The van der Waals surface area contributed by atoms with Gasteiger partial charge in [0, 0.05) is 0 Å². The second-order valence-corrected chi connectivity index (χ2v) is 8.32. The standard InChI is InChI=1S/C29H34O4/c1-3-4-5-6-7-10-21-32-25-17-15-24(16-18-25)27-11-8-9-12-28(27)29(31)33-26-19-13-23(14-20-26)22(2)30/h8-9,11-20,22,30H,3-7,10,21H2,1-2H3. The van der Waals surface area contributed by atoms with Crippen molar-refractivity contribution in [3.05, 3.63) is 83.9 Å². The van der Waals surface area contributed by atoms with Gasteiger partial charge in [-0.3, -0.25) is 0 Å². The highest BCUT2D eigenvalue weighted by Crippen LogP contribution is 2.27. The number of unbranched alkanes of at least 4 members (excludes halogenated alkanes) is 5. The van der Waals surface area contributed by atoms with E-state index < -0.39 is 12.1 Å². The minimum Gasteiger partial charge on any atom is -0.494 e. The van der Waals surface area contributed by atoms with Crippen LogP contribution in [-0.4, -0.2) is 17.7 Å². The number of ether oxygens (including phenoxy) is 2. The molecule has 174 valence electrons. The molecule has 33 heavy (non-hydrogen) atoms. The Balaban J connectivity index is 1.60. The van der Waals surface area contributed by atoms with E-state index >= 15 is 0 Å². The molecule has 0 aromatic heterocycles. The van der Waals surface area contributed by atoms with Gasteiger partial charge in [0.2, 0.25) is 0 Å². The van der Waals surface area contributed by atoms with Crippen molar-refractivity contribution in [2.75, 3.05) is 6.61 Å². The normalized spacial score (nSPS) is 11.7. The largest absolute Gasteiger partial charge is 0.494 e. The molecule has 0 fully saturated rings. The van der Waals surface area contributed by atoms with E-state index in [0.717, 1.165) is 35.5 Å². The lowest BCUT2D eigenvalue weighted by Crippen LogP contribution is -2.10. The topological polar surface area (TPSA) is 55.8 Å². The Morgan fingerprint density at radius 1 is 0.818 bits per heavy atom. The molecule has 0 bridgehead atoms. The van der Waals surface area contributed by atoms with E-state index in [1.807, 2.05) is 42.5 Å². The second kappa shape index (κ2) is 12.8. The average Bonchev–Trinajstić information content (AvgIpc) is 2.84. The van der Waals surface area contributed by atoms with Gasteiger partial charge in [-0.2, -0.15) is 0 Å². The fourth-order valence-corrected chi connectivity index (χ4v) is 3.69. The molecule has 0 aliphatic carbocycles. The van der Waals surface area contributed by atoms with Crippen LogP contribution in [0.1, 0.15) is 74.4 Å². The number of hydrogen-bond donors (Lipinski definition) is 1. The first kappa shape index (κ1) is 24.5. The first-order valence-corrected chi connectivity index (χ1v) is 11.9. The quantitative estimate of drug-likeness (QED) is 0.179. The van der Waals surface area contributed by atoms with Crippen LogP contribution in [-0.2, 0) is 0 Å². The molecule has 3 aromatic carbocycles. The molecule has 0 radical (unpaired) electrons. The summed E-state index contributed by atoms with van der Waals surface area (Å²) in [5.41, 5.74) is 3.01. The van der Waals surface area contributed by atoms with Crippen molar-refractivity contribution in [3.63, 3.8) is 0 Å². The number of rotatable bonds is 12. The second-order valence-electron chi connectivity index (χ2n) is 8.32. The van der Waals surface area contributed by atoms with Gasteiger partial charge in [-0.25, -0.2) is 4.79 Å². The van der Waals surface area contributed by atoms with E-state index in [2.05, 4.69) is 6.92 Å². The summed E-state index contributed by atoms with van der Waals surface area (Å²) in [4.78, 5) is 12.9. The summed E-state index contributed by atoms with van der Waals surface area (Å²) < 4.78 is 11.5. The maximum absolute atomic E-state index is 12.9. The van der Waals surface area contributed by atoms with Crippen molar-refractivity contribution < 1.29 is 19.4 Å². The van der Waals surface area contributed by atoms with Crippen LogP contribution in [0, 0.1) is 0 Å². The zero-order valence-corrected chi connectivity index (χ0v) is 19.6. The van der Waals surface area contributed by atoms with Gasteiger partial charge in [-0.15, -0.1) is 0 Å². The first-order valence-electron chi connectivity index (χ1n) is 11.9. The number of benzene rings is 3. The van der Waals surface area contributed by atoms with Crippen molar-refractivity contribution in [2.45, 2.75) is 58.5 Å². The van der Waals surface area contributed by atoms with Gasteiger partial charge in [0.15, 0.2) is 0 Å². The summed E-state index contributed by atoms with van der Waals surface area (Å²) in [5.74, 6) is 0.863. The monoisotopic (exact) mass is 446 g/mol. The lowest BCUT2D eigenvalue weighted by molar-refractivity contribution is 0.0735. The molecule has 0 saturated heterocycles. The minimum atomic E-state index is -0.562. The lowest BCUT2D eigenvalue weighted by Gasteiger charge is -2.12. The van der Waals surface area contributed by atoms with Crippen LogP contribution in [0.5, 0.6) is 11.5 Å². The molecule has 1 atom stereocenters. The predicted octanol–water partition coefficient (Wildman–Crippen LogP) is 7.37. The van der Waals surface area contributed by atoms with Crippen LogP contribution in [0.3, 0.4) is 0 Å². The van der Waals surface area contributed by atoms with Crippen molar-refractivity contribution in [3.8, 4) is 22.6 Å². The summed E-state index contributed by atoms with van der Waals surface area (Å²) in [6.45, 7) is 4.65. The Morgan fingerprint density at radius 2 is 1.45 bits per heavy atom. The van der Waals surface area contributed by atoms with Crippen molar-refractivity contribution in [1.29, 1.82) is 0 Å². The molecular weight excluding hydrogens is 412 g/mol. The van der Waals surface area contributed by atoms with Gasteiger partial charge in [0.1, 0.15) is 11.5 Å². The van der Waals surface area contributed by atoms with Crippen LogP contribution in [0.25, 0.3) is 11.1 Å². The highest BCUT2D eigenvalue weighted by atomic mass is 16.5. The van der Waals surface area contributed by atoms with E-state index in [4.69, 9.17) is 9.47 Å². The molecule has 0 spiro atoms. The summed E-state index contributed by atoms with van der Waals surface area (Å²) in [6, 6.07) is 22.2. The highest BCUT2D eigenvalue weighted by Gasteiger charge is 2.15. The van der Waals surface area contributed by atoms with Crippen molar-refractivity contribution in [1.82, 2.24) is 0 Å². The van der Waals surface area contributed by atoms with Crippen LogP contribution in [0.2, 0.25) is 0 Å². The third-order valence-corrected chi connectivity index (χ3v) is 5.65. The van der Waals surface area contributed by atoms with Crippen LogP contribution < -0.4 is 9.47 Å². The number of esters is 1. The molecule has 0 aliphatic rings. The van der Waals surface area contributed by atoms with Gasteiger partial charge >= 0.3 is 5.97 Å². The first-order chi connectivity index (χ1) is 16.1. The summed E-state index contributed by atoms with van der Waals surface area (Å²) in [6.07, 6.45) is 6.86. The molecule has 1 unspecified atom stereocenters. The van der Waals surface area contributed by atoms with Gasteiger partial charge in [-0.1, -0.05) is 81.5 Å². The SMILES string of the molecule is CCCCCCCCOc1ccc(-c2ccccc2C(=O)Oc2ccc(C(C)O)cc2)cc1. The zero-order chi connectivity index (χ0) is 23.5. The summed E-state index contributed by atoms with van der Waals surface area (Å²) >= 11 is 0. The lowest BCUT2D eigenvalue weighted by atomic mass is 9.99. The zero-order valence-electron chi connectivity index (χ0n) is 19.6. The summed E-state index contributed by atoms with van der Waals surface area (Å²) in [5, 5.41) is 9.64. The summed E-state index contributed by atoms with van der Waals surface area (Å²) in [7, 11) is 0. The Bertz CT molecular complexity index is 991. The molecular formula is C29H34O4. The predicted molar refractivity (Wildman–Crippen MR) is 133 cm³/mol. The van der Waals surface area contributed by atoms with Crippen LogP contribution in [0.4, 0.5) is 0 Å². The number of carbonyl (C=O) groups is 1. The fraction of sp³-hybridized carbons (Fsp3) is 0.345. The van der Waals surface area contributed by atoms with E-state index in [1.54, 1.807) is 37.3 Å². The van der Waals surface area contributed by atoms with Crippen molar-refractivity contribution in [2.24, 2.45) is 0 Å². The molecule has 0 aliphatic heterocycles. The Labute approximate surface area is 197 Å². The number of aliphatic hydroxyl groups excluding tert-OH is 1. The number of carbonyl (C=O) groups excluding carboxylic acids is 1. The van der Waals surface area contributed by atoms with E-state index in [-0.39, 0.29) is 0 Å². The van der Waals surface area contributed by atoms with Gasteiger partial charge < -0.3 is 14.6 Å². The third-order valence-electron chi connectivity index (χ3n) is 5.65. The van der Waals surface area contributed by atoms with E-state index in [9.17, 15) is 9.90 Å². The number of hydrogen-bond acceptors (Lipinski definition) is 4. The van der Waals surface area contributed by atoms with Gasteiger partial charge in [0.25, 0.3) is 0 Å². The fourth-order valence-electron chi connectivity index (χ4n) is 3.69. The number of aliphatic hydroxyl groups is 1. The average molecular weight is 447 g/mol. The van der Waals surface area contributed by atoms with Crippen LogP contribution in [0.15, 0.2) is 72.8 Å². The maximum atomic E-state index is 12.9. The minimum absolute atomic E-state index is 0.418. The molecule has 3 rings (SSSR count). The van der Waals surface area contributed by atoms with Gasteiger partial charge in [0.05, 0.1) is 18.3 Å². The van der Waals surface area contributed by atoms with E-state index in [1.165, 1.54) is 32.1 Å². The maximum Gasteiger partial charge on any atom is 0.344 e. The Morgan fingerprint density at radius 3 is 2.15 bits per heavy atom. The third kappa shape index (κ3) is 7.47. The van der Waals surface area contributed by atoms with E-state index in [0.29, 0.717) is 11.3 Å². The molecule has 1 N–H and O–H groups in total. The molecule has 0 heterocycles. The smallest absolute Gasteiger partial charge is 0.344 e. The molecule has 4 nitrogen and oxygen atoms in total. The molecule has 0 amide bonds. The Hall–Kier alpha value is -3.11. The molecule has 4 heteroatoms. The van der Waals surface area contributed by atoms with Gasteiger partial charge in [-0.05, 0) is 60.4 Å². The highest BCUT2D eigenvalue weighted by molar-refractivity contribution is 5.98. The van der Waals surface area contributed by atoms with Crippen molar-refractivity contribution >= 4 is 5.97 Å². The van der Waals surface area contributed by atoms with Crippen LogP contribution >= 0.6 is 0 Å². The molecule has 3 aromatic rings. The molecule has 0 saturated carbocycles. The Kier molecular flexibility index (Phi) is 9.52.